The van der Waals surface area contributed by atoms with Crippen molar-refractivity contribution in [3.8, 4) is 0 Å². The molecule has 4 atom stereocenters. The fraction of sp³-hybridized carbons (Fsp3) is 1.00. The van der Waals surface area contributed by atoms with Crippen LogP contribution in [0.15, 0.2) is 0 Å². The van der Waals surface area contributed by atoms with Crippen molar-refractivity contribution in [3.05, 3.63) is 0 Å². The molecule has 2 aliphatic rings. The van der Waals surface area contributed by atoms with Crippen molar-refractivity contribution < 1.29 is 5.11 Å². The number of aliphatic hydroxyl groups is 1. The van der Waals surface area contributed by atoms with Crippen molar-refractivity contribution in [2.45, 2.75) is 70.4 Å². The van der Waals surface area contributed by atoms with Crippen LogP contribution in [0.2, 0.25) is 0 Å². The van der Waals surface area contributed by atoms with Crippen LogP contribution >= 0.6 is 0 Å². The van der Waals surface area contributed by atoms with E-state index in [1.807, 2.05) is 6.92 Å². The Morgan fingerprint density at radius 2 is 2.05 bits per heavy atom. The molecule has 0 bridgehead atoms. The van der Waals surface area contributed by atoms with E-state index in [-0.39, 0.29) is 0 Å². The molecule has 19 heavy (non-hydrogen) atoms. The van der Waals surface area contributed by atoms with Gasteiger partial charge in [0.15, 0.2) is 0 Å². The molecule has 1 saturated carbocycles. The molecule has 3 heteroatoms. The zero-order chi connectivity index (χ0) is 13.9. The fourth-order valence-corrected chi connectivity index (χ4v) is 3.80. The van der Waals surface area contributed by atoms with Crippen molar-refractivity contribution in [1.29, 1.82) is 0 Å². The first kappa shape index (κ1) is 15.3. The molecule has 0 radical (unpaired) electrons. The summed E-state index contributed by atoms with van der Waals surface area (Å²) in [6.45, 7) is 7.61. The second-order valence-electron chi connectivity index (χ2n) is 7.16. The van der Waals surface area contributed by atoms with Gasteiger partial charge in [-0.15, -0.1) is 0 Å². The standard InChI is InChI=1S/C16H32N2O/c1-3-13-5-6-15(17)14(11-13)12-18-9-4-7-16(2,19)8-10-18/h13-15,19H,3-12,17H2,1-2H3. The Morgan fingerprint density at radius 3 is 2.79 bits per heavy atom. The van der Waals surface area contributed by atoms with Gasteiger partial charge >= 0.3 is 0 Å². The number of hydrogen-bond acceptors (Lipinski definition) is 3. The van der Waals surface area contributed by atoms with Crippen molar-refractivity contribution in [2.24, 2.45) is 17.6 Å². The highest BCUT2D eigenvalue weighted by atomic mass is 16.3. The highest BCUT2D eigenvalue weighted by Gasteiger charge is 2.31. The fourth-order valence-electron chi connectivity index (χ4n) is 3.80. The molecule has 0 aromatic carbocycles. The summed E-state index contributed by atoms with van der Waals surface area (Å²) < 4.78 is 0. The third-order valence-electron chi connectivity index (χ3n) is 5.38. The van der Waals surface area contributed by atoms with Crippen molar-refractivity contribution in [1.82, 2.24) is 4.90 Å². The average molecular weight is 268 g/mol. The Kier molecular flexibility index (Phi) is 5.27. The molecule has 2 fully saturated rings. The predicted molar refractivity (Wildman–Crippen MR) is 80.0 cm³/mol. The first-order chi connectivity index (χ1) is 9.00. The maximum Gasteiger partial charge on any atom is 0.0632 e. The van der Waals surface area contributed by atoms with Gasteiger partial charge in [0, 0.05) is 19.1 Å². The van der Waals surface area contributed by atoms with Gasteiger partial charge in [0.25, 0.3) is 0 Å². The van der Waals surface area contributed by atoms with Crippen LogP contribution in [0, 0.1) is 11.8 Å². The number of nitrogens with zero attached hydrogens (tertiary/aromatic N) is 1. The summed E-state index contributed by atoms with van der Waals surface area (Å²) in [7, 11) is 0. The smallest absolute Gasteiger partial charge is 0.0632 e. The molecule has 1 aliphatic heterocycles. The van der Waals surface area contributed by atoms with Gasteiger partial charge in [0.1, 0.15) is 0 Å². The average Bonchev–Trinajstić information content (AvgIpc) is 2.54. The molecule has 0 spiro atoms. The third-order valence-corrected chi connectivity index (χ3v) is 5.38. The summed E-state index contributed by atoms with van der Waals surface area (Å²) in [5, 5.41) is 10.2. The van der Waals surface area contributed by atoms with E-state index in [1.54, 1.807) is 0 Å². The second kappa shape index (κ2) is 6.55. The molecule has 0 amide bonds. The van der Waals surface area contributed by atoms with Crippen LogP contribution in [-0.4, -0.2) is 41.3 Å². The third kappa shape index (κ3) is 4.44. The summed E-state index contributed by atoms with van der Waals surface area (Å²) in [5.74, 6) is 1.56. The Morgan fingerprint density at radius 1 is 1.26 bits per heavy atom. The van der Waals surface area contributed by atoms with Gasteiger partial charge in [0.2, 0.25) is 0 Å². The van der Waals surface area contributed by atoms with Crippen LogP contribution in [0.25, 0.3) is 0 Å². The number of likely N-dealkylation sites (tertiary alicyclic amines) is 1. The topological polar surface area (TPSA) is 49.5 Å². The molecule has 0 aromatic heterocycles. The summed E-state index contributed by atoms with van der Waals surface area (Å²) in [6.07, 6.45) is 8.11. The van der Waals surface area contributed by atoms with Gasteiger partial charge in [-0.2, -0.15) is 0 Å². The Balaban J connectivity index is 1.85. The van der Waals surface area contributed by atoms with Gasteiger partial charge in [-0.05, 0) is 63.8 Å². The number of rotatable bonds is 3. The highest BCUT2D eigenvalue weighted by Crippen LogP contribution is 2.31. The van der Waals surface area contributed by atoms with E-state index in [0.29, 0.717) is 12.0 Å². The van der Waals surface area contributed by atoms with E-state index < -0.39 is 5.60 Å². The summed E-state index contributed by atoms with van der Waals surface area (Å²) in [6, 6.07) is 0.395. The van der Waals surface area contributed by atoms with Crippen molar-refractivity contribution >= 4 is 0 Å². The lowest BCUT2D eigenvalue weighted by Crippen LogP contribution is -2.43. The molecule has 112 valence electrons. The number of hydrogen-bond donors (Lipinski definition) is 2. The van der Waals surface area contributed by atoms with Gasteiger partial charge in [-0.1, -0.05) is 13.3 Å². The molecule has 0 aromatic rings. The lowest BCUT2D eigenvalue weighted by Gasteiger charge is -2.37. The normalized spacial score (nSPS) is 42.0. The SMILES string of the molecule is CCC1CCC(N)C(CN2CCCC(C)(O)CC2)C1. The van der Waals surface area contributed by atoms with E-state index in [4.69, 9.17) is 5.73 Å². The Hall–Kier alpha value is -0.120. The molecular weight excluding hydrogens is 236 g/mol. The monoisotopic (exact) mass is 268 g/mol. The van der Waals surface area contributed by atoms with Crippen LogP contribution in [0.5, 0.6) is 0 Å². The highest BCUT2D eigenvalue weighted by molar-refractivity contribution is 4.86. The first-order valence-corrected chi connectivity index (χ1v) is 8.20. The van der Waals surface area contributed by atoms with Crippen LogP contribution in [0.1, 0.15) is 58.8 Å². The molecule has 3 nitrogen and oxygen atoms in total. The lowest BCUT2D eigenvalue weighted by atomic mass is 9.77. The van der Waals surface area contributed by atoms with Gasteiger partial charge in [-0.25, -0.2) is 0 Å². The summed E-state index contributed by atoms with van der Waals surface area (Å²) in [4.78, 5) is 2.55. The van der Waals surface area contributed by atoms with Gasteiger partial charge in [0.05, 0.1) is 5.60 Å². The lowest BCUT2D eigenvalue weighted by molar-refractivity contribution is 0.0434. The Bertz CT molecular complexity index is 280. The van der Waals surface area contributed by atoms with E-state index in [9.17, 15) is 5.11 Å². The molecule has 1 heterocycles. The molecule has 1 aliphatic carbocycles. The molecule has 1 saturated heterocycles. The largest absolute Gasteiger partial charge is 0.390 e. The molecule has 3 N–H and O–H groups in total. The predicted octanol–water partition coefficient (Wildman–Crippen LogP) is 2.38. The number of nitrogens with two attached hydrogens (primary N) is 1. The van der Waals surface area contributed by atoms with Crippen molar-refractivity contribution in [2.75, 3.05) is 19.6 Å². The van der Waals surface area contributed by atoms with Crippen LogP contribution in [0.4, 0.5) is 0 Å². The minimum absolute atomic E-state index is 0.395. The first-order valence-electron chi connectivity index (χ1n) is 8.20. The van der Waals surface area contributed by atoms with E-state index in [0.717, 1.165) is 44.8 Å². The zero-order valence-electron chi connectivity index (χ0n) is 12.8. The van der Waals surface area contributed by atoms with Crippen LogP contribution < -0.4 is 5.73 Å². The molecule has 2 rings (SSSR count). The van der Waals surface area contributed by atoms with E-state index in [2.05, 4.69) is 11.8 Å². The van der Waals surface area contributed by atoms with Gasteiger partial charge < -0.3 is 15.7 Å². The minimum Gasteiger partial charge on any atom is -0.390 e. The maximum atomic E-state index is 10.2. The van der Waals surface area contributed by atoms with Crippen molar-refractivity contribution in [3.63, 3.8) is 0 Å². The summed E-state index contributed by atoms with van der Waals surface area (Å²) in [5.41, 5.74) is 5.88. The zero-order valence-corrected chi connectivity index (χ0v) is 12.8. The van der Waals surface area contributed by atoms with Crippen LogP contribution in [0.3, 0.4) is 0 Å². The van der Waals surface area contributed by atoms with Crippen LogP contribution in [-0.2, 0) is 0 Å². The summed E-state index contributed by atoms with van der Waals surface area (Å²) >= 11 is 0. The Labute approximate surface area is 118 Å². The van der Waals surface area contributed by atoms with Gasteiger partial charge in [-0.3, -0.25) is 0 Å². The maximum absolute atomic E-state index is 10.2. The molecular formula is C16H32N2O. The minimum atomic E-state index is -0.449. The second-order valence-corrected chi connectivity index (χ2v) is 7.16. The molecule has 4 unspecified atom stereocenters. The van der Waals surface area contributed by atoms with E-state index in [1.165, 1.54) is 25.7 Å². The van der Waals surface area contributed by atoms with E-state index >= 15 is 0 Å². The quantitative estimate of drug-likeness (QED) is 0.826.